The highest BCUT2D eigenvalue weighted by Gasteiger charge is 2.31. The fourth-order valence-electron chi connectivity index (χ4n) is 2.88. The molecule has 2 rings (SSSR count). The highest BCUT2D eigenvalue weighted by molar-refractivity contribution is 5.77. The second kappa shape index (κ2) is 5.64. The van der Waals surface area contributed by atoms with Crippen LogP contribution in [0.15, 0.2) is 0 Å². The number of piperidine rings is 1. The molecule has 2 fully saturated rings. The molecule has 0 bridgehead atoms. The van der Waals surface area contributed by atoms with Crippen LogP contribution in [0.5, 0.6) is 0 Å². The molecule has 0 aliphatic carbocycles. The maximum absolute atomic E-state index is 11.4. The van der Waals surface area contributed by atoms with Gasteiger partial charge in [-0.25, -0.2) is 0 Å². The van der Waals surface area contributed by atoms with Crippen LogP contribution in [0.3, 0.4) is 0 Å². The molecule has 2 aliphatic heterocycles. The zero-order valence-corrected chi connectivity index (χ0v) is 9.78. The summed E-state index contributed by atoms with van der Waals surface area (Å²) < 4.78 is 5.35. The molecular formula is C12H22N2O2. The van der Waals surface area contributed by atoms with Crippen molar-refractivity contribution in [3.63, 3.8) is 0 Å². The van der Waals surface area contributed by atoms with Crippen LogP contribution in [0.4, 0.5) is 0 Å². The van der Waals surface area contributed by atoms with E-state index in [-0.39, 0.29) is 11.8 Å². The lowest BCUT2D eigenvalue weighted by atomic mass is 9.82. The predicted molar refractivity (Wildman–Crippen MR) is 61.9 cm³/mol. The fraction of sp³-hybridized carbons (Fsp3) is 0.917. The Morgan fingerprint density at radius 1 is 1.31 bits per heavy atom. The number of primary amides is 1. The van der Waals surface area contributed by atoms with Gasteiger partial charge in [-0.15, -0.1) is 0 Å². The number of carbonyl (C=O) groups excluding carboxylic acids is 1. The van der Waals surface area contributed by atoms with Gasteiger partial charge in [0.25, 0.3) is 0 Å². The van der Waals surface area contributed by atoms with E-state index >= 15 is 0 Å². The summed E-state index contributed by atoms with van der Waals surface area (Å²) in [5.41, 5.74) is 5.46. The smallest absolute Gasteiger partial charge is 0.222 e. The first-order chi connectivity index (χ1) is 7.77. The van der Waals surface area contributed by atoms with Crippen LogP contribution in [0.25, 0.3) is 0 Å². The lowest BCUT2D eigenvalue weighted by Crippen LogP contribution is -2.48. The van der Waals surface area contributed by atoms with Crippen molar-refractivity contribution in [2.24, 2.45) is 17.6 Å². The number of nitrogens with one attached hydrogen (secondary N) is 1. The van der Waals surface area contributed by atoms with Gasteiger partial charge in [-0.3, -0.25) is 4.79 Å². The molecule has 2 heterocycles. The zero-order valence-electron chi connectivity index (χ0n) is 9.78. The van der Waals surface area contributed by atoms with Gasteiger partial charge in [0.2, 0.25) is 5.91 Å². The normalized spacial score (nSPS) is 32.5. The molecule has 0 aromatic rings. The van der Waals surface area contributed by atoms with Crippen LogP contribution in [0.2, 0.25) is 0 Å². The number of amides is 1. The lowest BCUT2D eigenvalue weighted by molar-refractivity contribution is -0.123. The van der Waals surface area contributed by atoms with Crippen molar-refractivity contribution >= 4 is 5.91 Å². The van der Waals surface area contributed by atoms with Crippen LogP contribution in [-0.4, -0.2) is 31.7 Å². The fourth-order valence-corrected chi connectivity index (χ4v) is 2.88. The molecule has 0 aromatic carbocycles. The second-order valence-corrected chi connectivity index (χ2v) is 5.00. The summed E-state index contributed by atoms with van der Waals surface area (Å²) in [4.78, 5) is 11.4. The second-order valence-electron chi connectivity index (χ2n) is 5.00. The van der Waals surface area contributed by atoms with Crippen LogP contribution in [-0.2, 0) is 9.53 Å². The minimum Gasteiger partial charge on any atom is -0.381 e. The van der Waals surface area contributed by atoms with E-state index in [4.69, 9.17) is 10.5 Å². The standard InChI is InChI=1S/C12H22N2O2/c13-12(15)10-2-1-5-14-11(10)8-9-3-6-16-7-4-9/h9-11,14H,1-8H2,(H2,13,15). The monoisotopic (exact) mass is 226 g/mol. The van der Waals surface area contributed by atoms with Gasteiger partial charge in [0.05, 0.1) is 5.92 Å². The van der Waals surface area contributed by atoms with Crippen LogP contribution >= 0.6 is 0 Å². The lowest BCUT2D eigenvalue weighted by Gasteiger charge is -2.34. The van der Waals surface area contributed by atoms with Crippen molar-refractivity contribution in [1.29, 1.82) is 0 Å². The maximum atomic E-state index is 11.4. The molecule has 0 radical (unpaired) electrons. The van der Waals surface area contributed by atoms with Gasteiger partial charge in [-0.2, -0.15) is 0 Å². The largest absolute Gasteiger partial charge is 0.381 e. The summed E-state index contributed by atoms with van der Waals surface area (Å²) >= 11 is 0. The molecule has 4 heteroatoms. The van der Waals surface area contributed by atoms with Crippen molar-refractivity contribution in [3.8, 4) is 0 Å². The first-order valence-corrected chi connectivity index (χ1v) is 6.38. The van der Waals surface area contributed by atoms with Gasteiger partial charge in [-0.1, -0.05) is 0 Å². The summed E-state index contributed by atoms with van der Waals surface area (Å²) in [6.45, 7) is 2.77. The van der Waals surface area contributed by atoms with Gasteiger partial charge < -0.3 is 15.8 Å². The van der Waals surface area contributed by atoms with E-state index in [2.05, 4.69) is 5.32 Å². The van der Waals surface area contributed by atoms with E-state index in [1.807, 2.05) is 0 Å². The molecule has 0 aromatic heterocycles. The quantitative estimate of drug-likeness (QED) is 0.743. The van der Waals surface area contributed by atoms with E-state index in [1.54, 1.807) is 0 Å². The first-order valence-electron chi connectivity index (χ1n) is 6.38. The molecule has 0 saturated carbocycles. The number of hydrogen-bond acceptors (Lipinski definition) is 3. The molecule has 1 amide bonds. The van der Waals surface area contributed by atoms with Gasteiger partial charge in [0.1, 0.15) is 0 Å². The Labute approximate surface area is 96.9 Å². The third kappa shape index (κ3) is 2.95. The Morgan fingerprint density at radius 3 is 2.75 bits per heavy atom. The summed E-state index contributed by atoms with van der Waals surface area (Å²) in [5, 5.41) is 3.46. The van der Waals surface area contributed by atoms with Crippen molar-refractivity contribution in [2.75, 3.05) is 19.8 Å². The third-order valence-electron chi connectivity index (χ3n) is 3.88. The van der Waals surface area contributed by atoms with E-state index in [0.29, 0.717) is 12.0 Å². The molecule has 2 saturated heterocycles. The zero-order chi connectivity index (χ0) is 11.4. The number of carbonyl (C=O) groups is 1. The molecule has 92 valence electrons. The van der Waals surface area contributed by atoms with Crippen molar-refractivity contribution in [3.05, 3.63) is 0 Å². The Balaban J connectivity index is 1.87. The summed E-state index contributed by atoms with van der Waals surface area (Å²) in [6.07, 6.45) is 5.36. The van der Waals surface area contributed by atoms with Crippen LogP contribution < -0.4 is 11.1 Å². The summed E-state index contributed by atoms with van der Waals surface area (Å²) in [5.74, 6) is 0.604. The minimum atomic E-state index is -0.135. The number of rotatable bonds is 3. The third-order valence-corrected chi connectivity index (χ3v) is 3.88. The van der Waals surface area contributed by atoms with Gasteiger partial charge in [-0.05, 0) is 44.6 Å². The highest BCUT2D eigenvalue weighted by Crippen LogP contribution is 2.26. The Hall–Kier alpha value is -0.610. The van der Waals surface area contributed by atoms with Gasteiger partial charge in [0, 0.05) is 19.3 Å². The molecule has 0 spiro atoms. The van der Waals surface area contributed by atoms with E-state index in [9.17, 15) is 4.79 Å². The van der Waals surface area contributed by atoms with Crippen LogP contribution in [0.1, 0.15) is 32.1 Å². The van der Waals surface area contributed by atoms with Crippen molar-refractivity contribution in [1.82, 2.24) is 5.32 Å². The summed E-state index contributed by atoms with van der Waals surface area (Å²) in [6, 6.07) is 0.300. The van der Waals surface area contributed by atoms with Gasteiger partial charge in [0.15, 0.2) is 0 Å². The Kier molecular flexibility index (Phi) is 4.18. The molecule has 3 N–H and O–H groups in total. The molecule has 16 heavy (non-hydrogen) atoms. The number of nitrogens with two attached hydrogens (primary N) is 1. The summed E-state index contributed by atoms with van der Waals surface area (Å²) in [7, 11) is 0. The Morgan fingerprint density at radius 2 is 2.06 bits per heavy atom. The maximum Gasteiger partial charge on any atom is 0.222 e. The molecular weight excluding hydrogens is 204 g/mol. The average Bonchev–Trinajstić information content (AvgIpc) is 2.31. The Bertz CT molecular complexity index is 239. The van der Waals surface area contributed by atoms with Crippen LogP contribution in [0, 0.1) is 11.8 Å². The van der Waals surface area contributed by atoms with Crippen molar-refractivity contribution in [2.45, 2.75) is 38.1 Å². The molecule has 2 unspecified atom stereocenters. The predicted octanol–water partition coefficient (Wildman–Crippen LogP) is 0.657. The molecule has 2 aliphatic rings. The topological polar surface area (TPSA) is 64.4 Å². The van der Waals surface area contributed by atoms with E-state index in [1.165, 1.54) is 0 Å². The minimum absolute atomic E-state index is 0.0385. The first kappa shape index (κ1) is 11.9. The van der Waals surface area contributed by atoms with Gasteiger partial charge >= 0.3 is 0 Å². The van der Waals surface area contributed by atoms with E-state index in [0.717, 1.165) is 51.9 Å². The SMILES string of the molecule is NC(=O)C1CCCNC1CC1CCOCC1. The molecule has 2 atom stereocenters. The van der Waals surface area contributed by atoms with Crippen molar-refractivity contribution < 1.29 is 9.53 Å². The average molecular weight is 226 g/mol. The number of ether oxygens (including phenoxy) is 1. The number of hydrogen-bond donors (Lipinski definition) is 2. The van der Waals surface area contributed by atoms with E-state index < -0.39 is 0 Å². The highest BCUT2D eigenvalue weighted by atomic mass is 16.5. The molecule has 4 nitrogen and oxygen atoms in total.